The first-order chi connectivity index (χ1) is 9.72. The van der Waals surface area contributed by atoms with Gasteiger partial charge >= 0.3 is 0 Å². The van der Waals surface area contributed by atoms with Gasteiger partial charge in [-0.15, -0.1) is 0 Å². The van der Waals surface area contributed by atoms with Crippen LogP contribution in [0.3, 0.4) is 0 Å². The lowest BCUT2D eigenvalue weighted by Crippen LogP contribution is -2.27. The molecule has 0 spiro atoms. The first kappa shape index (κ1) is 13.3. The number of aromatic nitrogens is 3. The molecular weight excluding hydrogens is 318 g/mol. The Morgan fingerprint density at radius 1 is 1.30 bits per heavy atom. The third-order valence-electron chi connectivity index (χ3n) is 3.42. The minimum absolute atomic E-state index is 0.364. The van der Waals surface area contributed by atoms with E-state index in [-0.39, 0.29) is 0 Å². The van der Waals surface area contributed by atoms with Crippen LogP contribution in [0.5, 0.6) is 0 Å². The molecule has 0 aromatic carbocycles. The van der Waals surface area contributed by atoms with Gasteiger partial charge in [0.25, 0.3) is 0 Å². The van der Waals surface area contributed by atoms with E-state index in [0.717, 1.165) is 35.5 Å². The van der Waals surface area contributed by atoms with Gasteiger partial charge in [0.15, 0.2) is 0 Å². The Hall–Kier alpha value is -1.69. The van der Waals surface area contributed by atoms with Gasteiger partial charge in [-0.3, -0.25) is 0 Å². The molecule has 0 saturated carbocycles. The summed E-state index contributed by atoms with van der Waals surface area (Å²) in [6.45, 7) is 3.93. The summed E-state index contributed by atoms with van der Waals surface area (Å²) in [7, 11) is 0. The van der Waals surface area contributed by atoms with Gasteiger partial charge in [0.05, 0.1) is 5.69 Å². The molecule has 3 rings (SSSR count). The van der Waals surface area contributed by atoms with Crippen LogP contribution in [0.4, 0.5) is 11.8 Å². The van der Waals surface area contributed by atoms with E-state index in [1.165, 1.54) is 0 Å². The zero-order valence-electron chi connectivity index (χ0n) is 11.3. The Morgan fingerprint density at radius 3 is 2.85 bits per heavy atom. The zero-order chi connectivity index (χ0) is 13.9. The van der Waals surface area contributed by atoms with Crippen molar-refractivity contribution in [1.29, 1.82) is 0 Å². The second-order valence-electron chi connectivity index (χ2n) is 4.89. The molecule has 1 saturated heterocycles. The third kappa shape index (κ3) is 2.90. The van der Waals surface area contributed by atoms with Crippen molar-refractivity contribution < 1.29 is 0 Å². The van der Waals surface area contributed by atoms with Crippen molar-refractivity contribution in [1.82, 2.24) is 15.0 Å². The number of hydrogen-bond donors (Lipinski definition) is 1. The highest BCUT2D eigenvalue weighted by molar-refractivity contribution is 9.10. The lowest BCUT2D eigenvalue weighted by atomic mass is 10.3. The molecule has 0 amide bonds. The van der Waals surface area contributed by atoms with E-state index in [2.05, 4.69) is 53.2 Å². The van der Waals surface area contributed by atoms with E-state index in [4.69, 9.17) is 0 Å². The molecule has 104 valence electrons. The Bertz CT molecular complexity index is 589. The Kier molecular flexibility index (Phi) is 3.82. The van der Waals surface area contributed by atoms with Crippen LogP contribution in [0.15, 0.2) is 35.1 Å². The lowest BCUT2D eigenvalue weighted by molar-refractivity contribution is 0.791. The predicted molar refractivity (Wildman–Crippen MR) is 82.9 cm³/mol. The molecule has 1 fully saturated rings. The van der Waals surface area contributed by atoms with Gasteiger partial charge in [-0.05, 0) is 47.5 Å². The van der Waals surface area contributed by atoms with Gasteiger partial charge in [0, 0.05) is 36.0 Å². The largest absolute Gasteiger partial charge is 0.354 e. The molecule has 1 atom stereocenters. The average molecular weight is 334 g/mol. The third-order valence-corrected chi connectivity index (χ3v) is 4.26. The van der Waals surface area contributed by atoms with Gasteiger partial charge in [0.1, 0.15) is 5.82 Å². The molecule has 1 aliphatic rings. The smallest absolute Gasteiger partial charge is 0.222 e. The SMILES string of the molecule is Cc1nc(N2CCC(Nc3ncccn3)C2)ccc1Br. The molecule has 0 aliphatic carbocycles. The maximum absolute atomic E-state index is 4.62. The van der Waals surface area contributed by atoms with Gasteiger partial charge in [0.2, 0.25) is 5.95 Å². The molecule has 2 aromatic heterocycles. The van der Waals surface area contributed by atoms with Crippen LogP contribution >= 0.6 is 15.9 Å². The van der Waals surface area contributed by atoms with Crippen molar-refractivity contribution in [3.63, 3.8) is 0 Å². The number of anilines is 2. The Balaban J connectivity index is 1.66. The number of pyridine rings is 1. The summed E-state index contributed by atoms with van der Waals surface area (Å²) in [6, 6.07) is 6.29. The molecule has 0 radical (unpaired) electrons. The normalized spacial score (nSPS) is 18.3. The zero-order valence-corrected chi connectivity index (χ0v) is 12.8. The predicted octanol–water partition coefficient (Wildman–Crippen LogP) is 2.63. The fourth-order valence-corrected chi connectivity index (χ4v) is 2.57. The van der Waals surface area contributed by atoms with E-state index in [1.54, 1.807) is 12.4 Å². The summed E-state index contributed by atoms with van der Waals surface area (Å²) >= 11 is 3.48. The summed E-state index contributed by atoms with van der Waals surface area (Å²) in [4.78, 5) is 15.3. The van der Waals surface area contributed by atoms with Gasteiger partial charge in [-0.2, -0.15) is 0 Å². The second kappa shape index (κ2) is 5.75. The number of halogens is 1. The van der Waals surface area contributed by atoms with Crippen LogP contribution in [-0.4, -0.2) is 34.1 Å². The summed E-state index contributed by atoms with van der Waals surface area (Å²) in [5.74, 6) is 1.73. The minimum Gasteiger partial charge on any atom is -0.354 e. The lowest BCUT2D eigenvalue weighted by Gasteiger charge is -2.18. The van der Waals surface area contributed by atoms with Crippen molar-refractivity contribution in [2.45, 2.75) is 19.4 Å². The van der Waals surface area contributed by atoms with Gasteiger partial charge in [-0.1, -0.05) is 0 Å². The van der Waals surface area contributed by atoms with E-state index < -0.39 is 0 Å². The molecule has 2 aromatic rings. The summed E-state index contributed by atoms with van der Waals surface area (Å²) in [5, 5.41) is 3.37. The standard InChI is InChI=1S/C14H16BrN5/c1-10-12(15)3-4-13(18-10)20-8-5-11(9-20)19-14-16-6-2-7-17-14/h2-4,6-7,11H,5,8-9H2,1H3,(H,16,17,19). The molecule has 20 heavy (non-hydrogen) atoms. The van der Waals surface area contributed by atoms with Crippen LogP contribution < -0.4 is 10.2 Å². The maximum Gasteiger partial charge on any atom is 0.222 e. The maximum atomic E-state index is 4.62. The van der Waals surface area contributed by atoms with E-state index in [0.29, 0.717) is 12.0 Å². The van der Waals surface area contributed by atoms with Gasteiger partial charge < -0.3 is 10.2 Å². The van der Waals surface area contributed by atoms with E-state index >= 15 is 0 Å². The summed E-state index contributed by atoms with van der Waals surface area (Å²) < 4.78 is 1.05. The number of aryl methyl sites for hydroxylation is 1. The first-order valence-corrected chi connectivity index (χ1v) is 7.43. The van der Waals surface area contributed by atoms with Crippen molar-refractivity contribution in [3.8, 4) is 0 Å². The van der Waals surface area contributed by atoms with Crippen molar-refractivity contribution in [2.24, 2.45) is 0 Å². The monoisotopic (exact) mass is 333 g/mol. The minimum atomic E-state index is 0.364. The number of nitrogens with one attached hydrogen (secondary N) is 1. The molecule has 5 nitrogen and oxygen atoms in total. The number of rotatable bonds is 3. The highest BCUT2D eigenvalue weighted by Gasteiger charge is 2.24. The van der Waals surface area contributed by atoms with Gasteiger partial charge in [-0.25, -0.2) is 15.0 Å². The molecule has 6 heteroatoms. The van der Waals surface area contributed by atoms with Crippen LogP contribution in [0.25, 0.3) is 0 Å². The molecule has 1 unspecified atom stereocenters. The summed E-state index contributed by atoms with van der Waals surface area (Å²) in [5.41, 5.74) is 1.02. The molecule has 1 N–H and O–H groups in total. The molecule has 1 aliphatic heterocycles. The Morgan fingerprint density at radius 2 is 2.10 bits per heavy atom. The first-order valence-electron chi connectivity index (χ1n) is 6.64. The molecule has 3 heterocycles. The van der Waals surface area contributed by atoms with Crippen molar-refractivity contribution in [3.05, 3.63) is 40.8 Å². The van der Waals surface area contributed by atoms with Crippen molar-refractivity contribution >= 4 is 27.7 Å². The highest BCUT2D eigenvalue weighted by atomic mass is 79.9. The quantitative estimate of drug-likeness (QED) is 0.935. The molecule has 0 bridgehead atoms. The highest BCUT2D eigenvalue weighted by Crippen LogP contribution is 2.23. The van der Waals surface area contributed by atoms with E-state index in [9.17, 15) is 0 Å². The van der Waals surface area contributed by atoms with Crippen LogP contribution in [0, 0.1) is 6.92 Å². The fraction of sp³-hybridized carbons (Fsp3) is 0.357. The molecular formula is C14H16BrN5. The number of hydrogen-bond acceptors (Lipinski definition) is 5. The number of nitrogens with zero attached hydrogens (tertiary/aromatic N) is 4. The van der Waals surface area contributed by atoms with Crippen LogP contribution in [0.2, 0.25) is 0 Å². The van der Waals surface area contributed by atoms with Crippen LogP contribution in [-0.2, 0) is 0 Å². The second-order valence-corrected chi connectivity index (χ2v) is 5.74. The van der Waals surface area contributed by atoms with E-state index in [1.807, 2.05) is 13.0 Å². The topological polar surface area (TPSA) is 53.9 Å². The van der Waals surface area contributed by atoms with Crippen molar-refractivity contribution in [2.75, 3.05) is 23.3 Å². The average Bonchev–Trinajstić information content (AvgIpc) is 2.91. The Labute approximate surface area is 126 Å². The van der Waals surface area contributed by atoms with Crippen LogP contribution in [0.1, 0.15) is 12.1 Å². The fourth-order valence-electron chi connectivity index (χ4n) is 2.35. The summed E-state index contributed by atoms with van der Waals surface area (Å²) in [6.07, 6.45) is 4.57.